The number of nitrogens with one attached hydrogen (secondary N) is 1. The zero-order valence-corrected chi connectivity index (χ0v) is 18.9. The van der Waals surface area contributed by atoms with Crippen LogP contribution in [-0.4, -0.2) is 8.42 Å². The Labute approximate surface area is 173 Å². The van der Waals surface area contributed by atoms with Gasteiger partial charge in [-0.1, -0.05) is 76.9 Å². The van der Waals surface area contributed by atoms with E-state index >= 15 is 0 Å². The first kappa shape index (κ1) is 22.1. The average Bonchev–Trinajstić information content (AvgIpc) is 2.56. The van der Waals surface area contributed by atoms with Crippen LogP contribution >= 0.6 is 23.2 Å². The number of benzene rings is 2. The summed E-state index contributed by atoms with van der Waals surface area (Å²) in [6, 6.07) is 8.75. The van der Waals surface area contributed by atoms with E-state index in [9.17, 15) is 8.42 Å². The van der Waals surface area contributed by atoms with Gasteiger partial charge in [-0.15, -0.1) is 0 Å². The summed E-state index contributed by atoms with van der Waals surface area (Å²) in [4.78, 5) is 0.364. The summed E-state index contributed by atoms with van der Waals surface area (Å²) < 4.78 is 29.4. The fourth-order valence-corrected chi connectivity index (χ4v) is 5.01. The van der Waals surface area contributed by atoms with Crippen LogP contribution in [0.25, 0.3) is 0 Å². The highest BCUT2D eigenvalue weighted by molar-refractivity contribution is 7.92. The van der Waals surface area contributed by atoms with Gasteiger partial charge in [-0.2, -0.15) is 0 Å². The third-order valence-electron chi connectivity index (χ3n) is 4.52. The summed E-state index contributed by atoms with van der Waals surface area (Å²) in [6.07, 6.45) is 0. The van der Waals surface area contributed by atoms with Crippen molar-refractivity contribution in [3.63, 3.8) is 0 Å². The van der Waals surface area contributed by atoms with E-state index in [0.717, 1.165) is 16.7 Å². The van der Waals surface area contributed by atoms with Crippen molar-refractivity contribution < 1.29 is 8.42 Å². The number of anilines is 1. The maximum atomic E-state index is 13.3. The van der Waals surface area contributed by atoms with Gasteiger partial charge >= 0.3 is 0 Å². The molecule has 2 aromatic rings. The first-order valence-electron chi connectivity index (χ1n) is 9.09. The Morgan fingerprint density at radius 2 is 1.30 bits per heavy atom. The van der Waals surface area contributed by atoms with Gasteiger partial charge in [0.15, 0.2) is 0 Å². The molecule has 0 aliphatic rings. The fraction of sp³-hybridized carbons (Fsp3) is 0.429. The summed E-state index contributed by atoms with van der Waals surface area (Å²) >= 11 is 12.0. The van der Waals surface area contributed by atoms with Crippen LogP contribution in [0.1, 0.15) is 76.0 Å². The molecule has 0 saturated heterocycles. The minimum Gasteiger partial charge on any atom is -0.280 e. The highest BCUT2D eigenvalue weighted by Gasteiger charge is 2.27. The number of rotatable bonds is 6. The van der Waals surface area contributed by atoms with E-state index in [-0.39, 0.29) is 11.8 Å². The Balaban J connectivity index is 2.67. The van der Waals surface area contributed by atoms with Crippen LogP contribution in [0.3, 0.4) is 0 Å². The molecule has 6 heteroatoms. The molecule has 0 aromatic heterocycles. The summed E-state index contributed by atoms with van der Waals surface area (Å²) in [6.45, 7) is 12.3. The third kappa shape index (κ3) is 4.98. The highest BCUT2D eigenvalue weighted by atomic mass is 35.5. The summed E-state index contributed by atoms with van der Waals surface area (Å²) in [5.74, 6) is 0.461. The molecule has 0 bridgehead atoms. The molecule has 1 N–H and O–H groups in total. The van der Waals surface area contributed by atoms with E-state index in [1.54, 1.807) is 12.1 Å². The Hall–Kier alpha value is -1.23. The maximum Gasteiger partial charge on any atom is 0.262 e. The number of hydrogen-bond donors (Lipinski definition) is 1. The molecule has 0 aliphatic heterocycles. The van der Waals surface area contributed by atoms with E-state index < -0.39 is 10.0 Å². The largest absolute Gasteiger partial charge is 0.280 e. The van der Waals surface area contributed by atoms with Crippen molar-refractivity contribution in [2.45, 2.75) is 64.2 Å². The number of hydrogen-bond acceptors (Lipinski definition) is 2. The molecule has 0 unspecified atom stereocenters. The van der Waals surface area contributed by atoms with Crippen molar-refractivity contribution >= 4 is 38.9 Å². The van der Waals surface area contributed by atoms with Gasteiger partial charge in [0.05, 0.1) is 20.6 Å². The summed E-state index contributed by atoms with van der Waals surface area (Å²) in [7, 11) is -3.79. The van der Waals surface area contributed by atoms with Gasteiger partial charge in [0.2, 0.25) is 0 Å². The lowest BCUT2D eigenvalue weighted by molar-refractivity contribution is 0.595. The van der Waals surface area contributed by atoms with Crippen molar-refractivity contribution in [2.75, 3.05) is 4.72 Å². The second-order valence-electron chi connectivity index (χ2n) is 7.73. The summed E-state index contributed by atoms with van der Waals surface area (Å²) in [5.41, 5.74) is 3.20. The quantitative estimate of drug-likeness (QED) is 0.530. The van der Waals surface area contributed by atoms with Crippen LogP contribution in [0.5, 0.6) is 0 Å². The highest BCUT2D eigenvalue weighted by Crippen LogP contribution is 2.36. The van der Waals surface area contributed by atoms with Crippen LogP contribution in [0, 0.1) is 0 Å². The van der Waals surface area contributed by atoms with E-state index in [2.05, 4.69) is 18.6 Å². The van der Waals surface area contributed by atoms with Crippen molar-refractivity contribution in [3.05, 3.63) is 57.1 Å². The monoisotopic (exact) mass is 427 g/mol. The second kappa shape index (κ2) is 8.42. The van der Waals surface area contributed by atoms with E-state index in [0.29, 0.717) is 26.5 Å². The van der Waals surface area contributed by atoms with Gasteiger partial charge in [-0.25, -0.2) is 8.42 Å². The minimum atomic E-state index is -3.79. The molecule has 0 aliphatic carbocycles. The van der Waals surface area contributed by atoms with Gasteiger partial charge in [0.25, 0.3) is 10.0 Å². The van der Waals surface area contributed by atoms with E-state index in [1.165, 1.54) is 6.07 Å². The minimum absolute atomic E-state index is 0.0709. The first-order valence-corrected chi connectivity index (χ1v) is 11.3. The van der Waals surface area contributed by atoms with Crippen molar-refractivity contribution in [1.29, 1.82) is 0 Å². The van der Waals surface area contributed by atoms with E-state index in [1.807, 2.05) is 39.8 Å². The van der Waals surface area contributed by atoms with Gasteiger partial charge in [-0.3, -0.25) is 4.72 Å². The molecule has 3 nitrogen and oxygen atoms in total. The molecule has 0 fully saturated rings. The Morgan fingerprint density at radius 1 is 0.778 bits per heavy atom. The third-order valence-corrected chi connectivity index (χ3v) is 6.77. The topological polar surface area (TPSA) is 46.2 Å². The molecule has 2 rings (SSSR count). The Morgan fingerprint density at radius 3 is 1.70 bits per heavy atom. The molecule has 0 heterocycles. The summed E-state index contributed by atoms with van der Waals surface area (Å²) in [5, 5.41) is 0.687. The SMILES string of the molecule is CC(C)c1cc(C(C)C)c(S(=O)(=O)Nc2ccc(Cl)c(Cl)c2)c(C(C)C)c1. The van der Waals surface area contributed by atoms with Crippen LogP contribution in [-0.2, 0) is 10.0 Å². The molecule has 0 atom stereocenters. The first-order chi connectivity index (χ1) is 12.4. The molecule has 0 amide bonds. The molecule has 148 valence electrons. The van der Waals surface area contributed by atoms with Crippen LogP contribution in [0.15, 0.2) is 35.2 Å². The number of halogens is 2. The Kier molecular flexibility index (Phi) is 6.88. The van der Waals surface area contributed by atoms with Gasteiger partial charge < -0.3 is 0 Å². The van der Waals surface area contributed by atoms with Gasteiger partial charge in [-0.05, 0) is 52.6 Å². The standard InChI is InChI=1S/C21H27Cl2NO2S/c1-12(2)15-9-17(13(3)4)21(18(10-15)14(5)6)27(25,26)24-16-7-8-19(22)20(23)11-16/h7-14,24H,1-6H3. The predicted molar refractivity (Wildman–Crippen MR) is 116 cm³/mol. The zero-order valence-electron chi connectivity index (χ0n) is 16.6. The molecule has 2 aromatic carbocycles. The molecular formula is C21H27Cl2NO2S. The zero-order chi connectivity index (χ0) is 20.5. The van der Waals surface area contributed by atoms with Crippen molar-refractivity contribution in [3.8, 4) is 0 Å². The van der Waals surface area contributed by atoms with Crippen molar-refractivity contribution in [1.82, 2.24) is 0 Å². The van der Waals surface area contributed by atoms with Crippen LogP contribution in [0.4, 0.5) is 5.69 Å². The maximum absolute atomic E-state index is 13.3. The van der Waals surface area contributed by atoms with E-state index in [4.69, 9.17) is 23.2 Å². The molecule has 0 radical (unpaired) electrons. The van der Waals surface area contributed by atoms with Gasteiger partial charge in [0.1, 0.15) is 0 Å². The number of sulfonamides is 1. The lowest BCUT2D eigenvalue weighted by atomic mass is 9.89. The second-order valence-corrected chi connectivity index (χ2v) is 10.2. The average molecular weight is 428 g/mol. The molecule has 0 spiro atoms. The smallest absolute Gasteiger partial charge is 0.262 e. The molecule has 27 heavy (non-hydrogen) atoms. The predicted octanol–water partition coefficient (Wildman–Crippen LogP) is 7.16. The lowest BCUT2D eigenvalue weighted by Gasteiger charge is -2.23. The van der Waals surface area contributed by atoms with Crippen molar-refractivity contribution in [2.24, 2.45) is 0 Å². The Bertz CT molecular complexity index is 906. The lowest BCUT2D eigenvalue weighted by Crippen LogP contribution is -2.19. The normalized spacial score (nSPS) is 12.3. The van der Waals surface area contributed by atoms with Gasteiger partial charge in [0, 0.05) is 0 Å². The molecular weight excluding hydrogens is 401 g/mol. The molecule has 0 saturated carbocycles. The van der Waals surface area contributed by atoms with Crippen LogP contribution < -0.4 is 4.72 Å². The van der Waals surface area contributed by atoms with Crippen LogP contribution in [0.2, 0.25) is 10.0 Å². The fourth-order valence-electron chi connectivity index (χ4n) is 2.97.